The van der Waals surface area contributed by atoms with Crippen molar-refractivity contribution in [3.8, 4) is 0 Å². The van der Waals surface area contributed by atoms with Crippen LogP contribution in [0, 0.1) is 5.92 Å². The van der Waals surface area contributed by atoms with E-state index >= 15 is 0 Å². The number of hydrogen-bond donors (Lipinski definition) is 0. The number of halogens is 1. The van der Waals surface area contributed by atoms with Crippen LogP contribution in [0.1, 0.15) is 32.4 Å². The molecule has 2 aromatic heterocycles. The van der Waals surface area contributed by atoms with Gasteiger partial charge in [-0.2, -0.15) is 5.10 Å². The van der Waals surface area contributed by atoms with Crippen LogP contribution < -0.4 is 4.90 Å². The third-order valence-electron chi connectivity index (χ3n) is 4.58. The smallest absolute Gasteiger partial charge is 0.161 e. The fraction of sp³-hybridized carbons (Fsp3) is 0.562. The Morgan fingerprint density at radius 3 is 2.62 bits per heavy atom. The van der Waals surface area contributed by atoms with Crippen molar-refractivity contribution >= 4 is 38.0 Å². The van der Waals surface area contributed by atoms with Gasteiger partial charge < -0.3 is 4.90 Å². The predicted octanol–water partition coefficient (Wildman–Crippen LogP) is 2.67. The van der Waals surface area contributed by atoms with Crippen molar-refractivity contribution < 1.29 is 8.42 Å². The average molecular weight is 369 g/mol. The number of sulfone groups is 1. The molecule has 0 saturated carbocycles. The minimum Gasteiger partial charge on any atom is -0.351 e. The summed E-state index contributed by atoms with van der Waals surface area (Å²) in [6.07, 6.45) is 3.01. The second-order valence-electron chi connectivity index (χ2n) is 6.86. The highest BCUT2D eigenvalue weighted by Crippen LogP contribution is 2.36. The van der Waals surface area contributed by atoms with Crippen LogP contribution in [-0.2, 0) is 9.84 Å². The van der Waals surface area contributed by atoms with E-state index in [2.05, 4.69) is 33.9 Å². The molecule has 2 aromatic rings. The minimum atomic E-state index is -2.98. The lowest BCUT2D eigenvalue weighted by atomic mass is 9.91. The largest absolute Gasteiger partial charge is 0.351 e. The van der Waals surface area contributed by atoms with Gasteiger partial charge in [0, 0.05) is 41.7 Å². The lowest BCUT2D eigenvalue weighted by Crippen LogP contribution is -2.57. The van der Waals surface area contributed by atoms with Crippen LogP contribution in [0.4, 0.5) is 5.82 Å². The normalized spacial score (nSPS) is 21.3. The Labute approximate surface area is 147 Å². The third-order valence-corrected chi connectivity index (χ3v) is 5.82. The van der Waals surface area contributed by atoms with E-state index in [0.29, 0.717) is 11.7 Å². The van der Waals surface area contributed by atoms with Gasteiger partial charge in [0.1, 0.15) is 15.0 Å². The molecule has 6 nitrogen and oxygen atoms in total. The number of pyridine rings is 1. The van der Waals surface area contributed by atoms with E-state index in [4.69, 9.17) is 11.6 Å². The summed E-state index contributed by atoms with van der Waals surface area (Å²) in [7, 11) is -2.98. The van der Waals surface area contributed by atoms with Crippen LogP contribution in [-0.4, -0.2) is 48.2 Å². The van der Waals surface area contributed by atoms with Crippen molar-refractivity contribution in [3.05, 3.63) is 23.1 Å². The highest BCUT2D eigenvalue weighted by Gasteiger charge is 2.39. The van der Waals surface area contributed by atoms with Crippen molar-refractivity contribution in [2.75, 3.05) is 23.5 Å². The van der Waals surface area contributed by atoms with Gasteiger partial charge >= 0.3 is 0 Å². The molecule has 8 heteroatoms. The molecule has 0 aliphatic carbocycles. The summed E-state index contributed by atoms with van der Waals surface area (Å²) in [6, 6.07) is 1.92. The van der Waals surface area contributed by atoms with E-state index in [1.807, 2.05) is 13.0 Å². The van der Waals surface area contributed by atoms with E-state index in [-0.39, 0.29) is 23.6 Å². The van der Waals surface area contributed by atoms with Crippen LogP contribution in [0.2, 0.25) is 5.15 Å². The molecule has 24 heavy (non-hydrogen) atoms. The number of hydrogen-bond acceptors (Lipinski definition) is 6. The molecule has 2 atom stereocenters. The Balaban J connectivity index is 1.99. The van der Waals surface area contributed by atoms with E-state index in [1.165, 1.54) is 6.26 Å². The molecule has 0 spiro atoms. The third kappa shape index (κ3) is 3.19. The zero-order chi connectivity index (χ0) is 17.6. The van der Waals surface area contributed by atoms with E-state index in [9.17, 15) is 8.42 Å². The fourth-order valence-corrected chi connectivity index (χ4v) is 4.54. The Kier molecular flexibility index (Phi) is 4.42. The van der Waals surface area contributed by atoms with Gasteiger partial charge in [0.15, 0.2) is 5.82 Å². The van der Waals surface area contributed by atoms with Gasteiger partial charge in [0.05, 0.1) is 11.4 Å². The molecule has 1 aliphatic heterocycles. The van der Waals surface area contributed by atoms with Crippen molar-refractivity contribution in [2.45, 2.75) is 32.7 Å². The summed E-state index contributed by atoms with van der Waals surface area (Å²) in [6.45, 7) is 6.80. The second kappa shape index (κ2) is 6.11. The maximum absolute atomic E-state index is 11.5. The first-order valence-electron chi connectivity index (χ1n) is 7.93. The first-order valence-corrected chi connectivity index (χ1v) is 10.4. The standard InChI is InChI=1S/C16H21ClN4O2S/c1-9(2)15-12-5-14(17)18-6-13(12)16(20-19-15)21-7-11(10(21)3)8-24(4,22)23/h5-6,9-11H,7-8H2,1-4H3/t10-,11-/m1/s1. The average Bonchev–Trinajstić information content (AvgIpc) is 2.48. The monoisotopic (exact) mass is 368 g/mol. The second-order valence-corrected chi connectivity index (χ2v) is 9.43. The van der Waals surface area contributed by atoms with Gasteiger partial charge in [-0.1, -0.05) is 25.4 Å². The van der Waals surface area contributed by atoms with Gasteiger partial charge in [-0.15, -0.1) is 5.10 Å². The molecular formula is C16H21ClN4O2S. The van der Waals surface area contributed by atoms with Crippen LogP contribution >= 0.6 is 11.6 Å². The molecule has 1 saturated heterocycles. The summed E-state index contributed by atoms with van der Waals surface area (Å²) in [5.74, 6) is 1.28. The lowest BCUT2D eigenvalue weighted by molar-refractivity contribution is 0.338. The molecular weight excluding hydrogens is 348 g/mol. The van der Waals surface area contributed by atoms with E-state index in [0.717, 1.165) is 22.3 Å². The van der Waals surface area contributed by atoms with Crippen molar-refractivity contribution in [1.82, 2.24) is 15.2 Å². The molecule has 0 bridgehead atoms. The molecule has 0 unspecified atom stereocenters. The summed E-state index contributed by atoms with van der Waals surface area (Å²) >= 11 is 6.06. The van der Waals surface area contributed by atoms with Crippen LogP contribution in [0.15, 0.2) is 12.3 Å². The van der Waals surface area contributed by atoms with Gasteiger partial charge in [0.25, 0.3) is 0 Å². The molecule has 130 valence electrons. The van der Waals surface area contributed by atoms with E-state index in [1.54, 1.807) is 6.20 Å². The van der Waals surface area contributed by atoms with Crippen molar-refractivity contribution in [1.29, 1.82) is 0 Å². The summed E-state index contributed by atoms with van der Waals surface area (Å²) in [5, 5.41) is 11.1. The first-order chi connectivity index (χ1) is 11.2. The lowest BCUT2D eigenvalue weighted by Gasteiger charge is -2.47. The highest BCUT2D eigenvalue weighted by atomic mass is 35.5. The fourth-order valence-electron chi connectivity index (χ4n) is 3.22. The molecule has 0 radical (unpaired) electrons. The molecule has 0 amide bonds. The summed E-state index contributed by atoms with van der Waals surface area (Å²) in [4.78, 5) is 6.28. The zero-order valence-electron chi connectivity index (χ0n) is 14.2. The Bertz CT molecular complexity index is 885. The van der Waals surface area contributed by atoms with Crippen LogP contribution in [0.25, 0.3) is 10.8 Å². The summed E-state index contributed by atoms with van der Waals surface area (Å²) < 4.78 is 23.0. The van der Waals surface area contributed by atoms with Gasteiger partial charge in [-0.25, -0.2) is 13.4 Å². The molecule has 3 rings (SSSR count). The maximum atomic E-state index is 11.5. The van der Waals surface area contributed by atoms with E-state index < -0.39 is 9.84 Å². The molecule has 1 aliphatic rings. The van der Waals surface area contributed by atoms with Crippen LogP contribution in [0.3, 0.4) is 0 Å². The Morgan fingerprint density at radius 1 is 1.33 bits per heavy atom. The topological polar surface area (TPSA) is 76.1 Å². The quantitative estimate of drug-likeness (QED) is 0.772. The Hall–Kier alpha value is -1.47. The van der Waals surface area contributed by atoms with Gasteiger partial charge in [0.2, 0.25) is 0 Å². The highest BCUT2D eigenvalue weighted by molar-refractivity contribution is 7.90. The number of fused-ring (bicyclic) bond motifs is 1. The van der Waals surface area contributed by atoms with Gasteiger partial charge in [-0.3, -0.25) is 0 Å². The van der Waals surface area contributed by atoms with Gasteiger partial charge in [-0.05, 0) is 18.9 Å². The SMILES string of the molecule is CC(C)c1nnc(N2C[C@H](CS(C)(=O)=O)[C@H]2C)c2cnc(Cl)cc12. The van der Waals surface area contributed by atoms with Crippen molar-refractivity contribution in [3.63, 3.8) is 0 Å². The minimum absolute atomic E-state index is 0.0952. The summed E-state index contributed by atoms with van der Waals surface area (Å²) in [5.41, 5.74) is 0.888. The molecule has 0 N–H and O–H groups in total. The molecule has 1 fully saturated rings. The number of anilines is 1. The zero-order valence-corrected chi connectivity index (χ0v) is 15.8. The molecule has 0 aromatic carbocycles. The first kappa shape index (κ1) is 17.4. The van der Waals surface area contributed by atoms with Crippen molar-refractivity contribution in [2.24, 2.45) is 5.92 Å². The maximum Gasteiger partial charge on any atom is 0.161 e. The number of aromatic nitrogens is 3. The molecule has 3 heterocycles. The number of nitrogens with zero attached hydrogens (tertiary/aromatic N) is 4. The predicted molar refractivity (Wildman–Crippen MR) is 96.4 cm³/mol. The number of rotatable bonds is 4. The van der Waals surface area contributed by atoms with Crippen LogP contribution in [0.5, 0.6) is 0 Å². The Morgan fingerprint density at radius 2 is 2.04 bits per heavy atom.